The molecule has 0 atom stereocenters. The zero-order chi connectivity index (χ0) is 10.8. The van der Waals surface area contributed by atoms with E-state index in [4.69, 9.17) is 0 Å². The number of aromatic nitrogens is 1. The lowest BCUT2D eigenvalue weighted by molar-refractivity contribution is -0.116. The number of thiazole rings is 1. The number of ketones is 1. The molecule has 78 valence electrons. The van der Waals surface area contributed by atoms with E-state index in [1.54, 1.807) is 29.6 Å². The monoisotopic (exact) mass is 301 g/mol. The van der Waals surface area contributed by atoms with Crippen molar-refractivity contribution in [1.82, 2.24) is 4.98 Å². The van der Waals surface area contributed by atoms with Crippen LogP contribution in [0.25, 0.3) is 10.6 Å². The molecule has 0 fully saturated rings. The molecule has 2 nitrogen and oxygen atoms in total. The highest BCUT2D eigenvalue weighted by Gasteiger charge is 2.07. The lowest BCUT2D eigenvalue weighted by Crippen LogP contribution is -1.94. The van der Waals surface area contributed by atoms with Gasteiger partial charge in [-0.2, -0.15) is 0 Å². The fourth-order valence-corrected chi connectivity index (χ4v) is 3.46. The van der Waals surface area contributed by atoms with Crippen molar-refractivity contribution in [2.45, 2.75) is 13.3 Å². The van der Waals surface area contributed by atoms with Gasteiger partial charge in [0.15, 0.2) is 0 Å². The van der Waals surface area contributed by atoms with E-state index in [0.29, 0.717) is 6.42 Å². The molecule has 15 heavy (non-hydrogen) atoms. The Morgan fingerprint density at radius 1 is 1.53 bits per heavy atom. The third-order valence-electron chi connectivity index (χ3n) is 1.78. The molecular formula is C10H8BrNOS2. The Morgan fingerprint density at radius 3 is 2.93 bits per heavy atom. The zero-order valence-corrected chi connectivity index (χ0v) is 11.2. The summed E-state index contributed by atoms with van der Waals surface area (Å²) in [6.45, 7) is 1.59. The molecule has 0 saturated carbocycles. The molecule has 0 amide bonds. The van der Waals surface area contributed by atoms with Crippen molar-refractivity contribution >= 4 is 44.4 Å². The minimum Gasteiger partial charge on any atom is -0.300 e. The van der Waals surface area contributed by atoms with Gasteiger partial charge < -0.3 is 0 Å². The Hall–Kier alpha value is -0.520. The number of Topliss-reactive ketones (excluding diaryl/α,β-unsaturated/α-hetero) is 1. The van der Waals surface area contributed by atoms with Crippen LogP contribution in [0.4, 0.5) is 0 Å². The number of hydrogen-bond acceptors (Lipinski definition) is 4. The van der Waals surface area contributed by atoms with Crippen LogP contribution in [0.3, 0.4) is 0 Å². The predicted octanol–water partition coefficient (Wildman–Crippen LogP) is 3.77. The molecule has 5 heteroatoms. The molecule has 2 heterocycles. The number of carbonyl (C=O) groups excluding carboxylic acids is 1. The highest BCUT2D eigenvalue weighted by molar-refractivity contribution is 9.11. The molecule has 0 N–H and O–H groups in total. The molecule has 0 bridgehead atoms. The first kappa shape index (κ1) is 11.0. The molecule has 0 saturated heterocycles. The van der Waals surface area contributed by atoms with Gasteiger partial charge in [-0.1, -0.05) is 0 Å². The highest BCUT2D eigenvalue weighted by Crippen LogP contribution is 2.31. The maximum atomic E-state index is 10.9. The SMILES string of the molecule is CC(=O)Cc1nc(-c2ccc(Br)s2)cs1. The first-order chi connectivity index (χ1) is 7.15. The van der Waals surface area contributed by atoms with Gasteiger partial charge in [0.25, 0.3) is 0 Å². The Labute approximate surface area is 104 Å². The summed E-state index contributed by atoms with van der Waals surface area (Å²) in [5.41, 5.74) is 0.965. The largest absolute Gasteiger partial charge is 0.300 e. The summed E-state index contributed by atoms with van der Waals surface area (Å²) in [7, 11) is 0. The van der Waals surface area contributed by atoms with Crippen LogP contribution in [0, 0.1) is 0 Å². The number of hydrogen-bond donors (Lipinski definition) is 0. The third kappa shape index (κ3) is 2.74. The van der Waals surface area contributed by atoms with Gasteiger partial charge in [0, 0.05) is 5.38 Å². The number of rotatable bonds is 3. The molecular weight excluding hydrogens is 294 g/mol. The van der Waals surface area contributed by atoms with Crippen LogP contribution in [0.15, 0.2) is 21.3 Å². The average Bonchev–Trinajstić information content (AvgIpc) is 2.72. The van der Waals surface area contributed by atoms with Crippen LogP contribution in [-0.2, 0) is 11.2 Å². The maximum absolute atomic E-state index is 10.9. The number of carbonyl (C=O) groups is 1. The summed E-state index contributed by atoms with van der Waals surface area (Å²) in [5, 5.41) is 2.89. The fraction of sp³-hybridized carbons (Fsp3) is 0.200. The standard InChI is InChI=1S/C10H8BrNOS2/c1-6(13)4-10-12-7(5-14-10)8-2-3-9(11)15-8/h2-3,5H,4H2,1H3. The molecule has 2 aromatic rings. The summed E-state index contributed by atoms with van der Waals surface area (Å²) in [5.74, 6) is 0.156. The second kappa shape index (κ2) is 4.55. The second-order valence-electron chi connectivity index (χ2n) is 3.11. The van der Waals surface area contributed by atoms with E-state index < -0.39 is 0 Å². The number of nitrogens with zero attached hydrogens (tertiary/aromatic N) is 1. The number of halogens is 1. The zero-order valence-electron chi connectivity index (χ0n) is 7.99. The topological polar surface area (TPSA) is 30.0 Å². The van der Waals surface area contributed by atoms with E-state index in [-0.39, 0.29) is 5.78 Å². The van der Waals surface area contributed by atoms with Crippen molar-refractivity contribution in [1.29, 1.82) is 0 Å². The number of thiophene rings is 1. The van der Waals surface area contributed by atoms with Gasteiger partial charge in [-0.3, -0.25) is 4.79 Å². The highest BCUT2D eigenvalue weighted by atomic mass is 79.9. The van der Waals surface area contributed by atoms with Gasteiger partial charge in [0.1, 0.15) is 10.8 Å². The van der Waals surface area contributed by atoms with E-state index in [1.165, 1.54) is 0 Å². The molecule has 0 aliphatic rings. The average molecular weight is 302 g/mol. The van der Waals surface area contributed by atoms with E-state index in [0.717, 1.165) is 19.4 Å². The summed E-state index contributed by atoms with van der Waals surface area (Å²) >= 11 is 6.61. The van der Waals surface area contributed by atoms with Gasteiger partial charge in [0.2, 0.25) is 0 Å². The van der Waals surface area contributed by atoms with Crippen LogP contribution < -0.4 is 0 Å². The molecule has 0 aliphatic heterocycles. The molecule has 2 aromatic heterocycles. The minimum atomic E-state index is 0.156. The molecule has 2 rings (SSSR count). The van der Waals surface area contributed by atoms with Crippen LogP contribution in [0.1, 0.15) is 11.9 Å². The molecule has 0 radical (unpaired) electrons. The summed E-state index contributed by atoms with van der Waals surface area (Å²) < 4.78 is 1.10. The molecule has 0 aromatic carbocycles. The molecule has 0 unspecified atom stereocenters. The van der Waals surface area contributed by atoms with Crippen molar-refractivity contribution < 1.29 is 4.79 Å². The van der Waals surface area contributed by atoms with Gasteiger partial charge in [-0.25, -0.2) is 4.98 Å². The molecule has 0 aliphatic carbocycles. The van der Waals surface area contributed by atoms with Crippen molar-refractivity contribution in [3.63, 3.8) is 0 Å². The second-order valence-corrected chi connectivity index (χ2v) is 6.51. The van der Waals surface area contributed by atoms with Gasteiger partial charge >= 0.3 is 0 Å². The Bertz CT molecular complexity index is 489. The van der Waals surface area contributed by atoms with Crippen molar-refractivity contribution in [2.75, 3.05) is 0 Å². The van der Waals surface area contributed by atoms with Gasteiger partial charge in [-0.05, 0) is 35.0 Å². The van der Waals surface area contributed by atoms with Crippen molar-refractivity contribution in [3.05, 3.63) is 26.3 Å². The first-order valence-electron chi connectivity index (χ1n) is 4.34. The lowest BCUT2D eigenvalue weighted by atomic mass is 10.3. The van der Waals surface area contributed by atoms with Crippen molar-refractivity contribution in [3.8, 4) is 10.6 Å². The quantitative estimate of drug-likeness (QED) is 0.864. The molecule has 0 spiro atoms. The predicted molar refractivity (Wildman–Crippen MR) is 67.5 cm³/mol. The lowest BCUT2D eigenvalue weighted by Gasteiger charge is -1.89. The first-order valence-corrected chi connectivity index (χ1v) is 6.83. The van der Waals surface area contributed by atoms with Crippen LogP contribution in [-0.4, -0.2) is 10.8 Å². The Morgan fingerprint density at radius 2 is 2.33 bits per heavy atom. The summed E-state index contributed by atoms with van der Waals surface area (Å²) in [4.78, 5) is 16.5. The third-order valence-corrected chi connectivity index (χ3v) is 4.27. The van der Waals surface area contributed by atoms with Crippen LogP contribution >= 0.6 is 38.6 Å². The van der Waals surface area contributed by atoms with E-state index in [1.807, 2.05) is 17.5 Å². The van der Waals surface area contributed by atoms with E-state index >= 15 is 0 Å². The fourth-order valence-electron chi connectivity index (χ4n) is 1.17. The summed E-state index contributed by atoms with van der Waals surface area (Å²) in [6.07, 6.45) is 0.442. The van der Waals surface area contributed by atoms with Crippen LogP contribution in [0.5, 0.6) is 0 Å². The maximum Gasteiger partial charge on any atom is 0.136 e. The minimum absolute atomic E-state index is 0.156. The van der Waals surface area contributed by atoms with Crippen molar-refractivity contribution in [2.24, 2.45) is 0 Å². The normalized spacial score (nSPS) is 10.5. The van der Waals surface area contributed by atoms with Gasteiger partial charge in [0.05, 0.1) is 20.8 Å². The summed E-state index contributed by atoms with van der Waals surface area (Å²) in [6, 6.07) is 4.03. The Kier molecular flexibility index (Phi) is 3.33. The van der Waals surface area contributed by atoms with E-state index in [2.05, 4.69) is 20.9 Å². The Balaban J connectivity index is 2.23. The smallest absolute Gasteiger partial charge is 0.136 e. The van der Waals surface area contributed by atoms with Gasteiger partial charge in [-0.15, -0.1) is 22.7 Å². The van der Waals surface area contributed by atoms with E-state index in [9.17, 15) is 4.79 Å². The van der Waals surface area contributed by atoms with Crippen LogP contribution in [0.2, 0.25) is 0 Å².